The topological polar surface area (TPSA) is 113 Å². The van der Waals surface area contributed by atoms with Gasteiger partial charge in [-0.15, -0.1) is 0 Å². The monoisotopic (exact) mass is 501 g/mol. The Morgan fingerprint density at radius 3 is 2.32 bits per heavy atom. The van der Waals surface area contributed by atoms with Gasteiger partial charge in [-0.25, -0.2) is 4.79 Å². The van der Waals surface area contributed by atoms with E-state index in [2.05, 4.69) is 0 Å². The number of hydrogen-bond donors (Lipinski definition) is 2. The molecule has 1 heterocycles. The van der Waals surface area contributed by atoms with Crippen LogP contribution in [0.5, 0.6) is 11.5 Å². The summed E-state index contributed by atoms with van der Waals surface area (Å²) in [4.78, 5) is 39.6. The molecule has 0 bridgehead atoms. The summed E-state index contributed by atoms with van der Waals surface area (Å²) in [5.74, 6) is -1.83. The Morgan fingerprint density at radius 2 is 1.68 bits per heavy atom. The van der Waals surface area contributed by atoms with E-state index >= 15 is 0 Å². The third-order valence-electron chi connectivity index (χ3n) is 6.06. The number of benzene rings is 3. The van der Waals surface area contributed by atoms with Gasteiger partial charge in [0.2, 0.25) is 0 Å². The molecule has 1 atom stereocenters. The normalized spacial score (nSPS) is 16.6. The van der Waals surface area contributed by atoms with Gasteiger partial charge in [-0.3, -0.25) is 9.59 Å². The van der Waals surface area contributed by atoms with E-state index in [4.69, 9.17) is 9.47 Å². The zero-order valence-electron chi connectivity index (χ0n) is 20.5. The number of aromatic hydroxyl groups is 1. The lowest BCUT2D eigenvalue weighted by Crippen LogP contribution is -2.29. The third-order valence-corrected chi connectivity index (χ3v) is 6.06. The van der Waals surface area contributed by atoms with Gasteiger partial charge in [-0.1, -0.05) is 43.3 Å². The van der Waals surface area contributed by atoms with Crippen molar-refractivity contribution in [1.82, 2.24) is 4.90 Å². The lowest BCUT2D eigenvalue weighted by Gasteiger charge is -2.25. The Kier molecular flexibility index (Phi) is 7.57. The Hall–Kier alpha value is -4.59. The molecule has 3 aromatic carbocycles. The average Bonchev–Trinajstić information content (AvgIpc) is 3.17. The highest BCUT2D eigenvalue weighted by Gasteiger charge is 2.46. The molecule has 8 heteroatoms. The first kappa shape index (κ1) is 25.5. The lowest BCUT2D eigenvalue weighted by molar-refractivity contribution is -0.140. The molecule has 1 amide bonds. The van der Waals surface area contributed by atoms with E-state index in [1.54, 1.807) is 60.7 Å². The number of esters is 1. The van der Waals surface area contributed by atoms with Gasteiger partial charge < -0.3 is 24.6 Å². The molecule has 190 valence electrons. The number of aliphatic hydroxyl groups is 1. The predicted molar refractivity (Wildman–Crippen MR) is 136 cm³/mol. The van der Waals surface area contributed by atoms with Gasteiger partial charge in [-0.05, 0) is 53.9 Å². The summed E-state index contributed by atoms with van der Waals surface area (Å²) in [6.07, 6.45) is 0.808. The molecular formula is C29H27NO7. The molecule has 8 nitrogen and oxygen atoms in total. The number of carbonyl (C=O) groups excluding carboxylic acids is 3. The number of nitrogens with zero attached hydrogens (tertiary/aromatic N) is 1. The number of carbonyl (C=O) groups is 3. The molecule has 0 radical (unpaired) electrons. The smallest absolute Gasteiger partial charge is 0.337 e. The molecule has 2 N–H and O–H groups in total. The van der Waals surface area contributed by atoms with Crippen molar-refractivity contribution in [2.24, 2.45) is 0 Å². The summed E-state index contributed by atoms with van der Waals surface area (Å²) >= 11 is 0. The molecule has 3 aromatic rings. The van der Waals surface area contributed by atoms with Crippen molar-refractivity contribution in [1.29, 1.82) is 0 Å². The van der Waals surface area contributed by atoms with Crippen molar-refractivity contribution < 1.29 is 34.1 Å². The van der Waals surface area contributed by atoms with Crippen LogP contribution in [0.15, 0.2) is 78.4 Å². The molecule has 1 fully saturated rings. The molecule has 1 aliphatic heterocycles. The zero-order chi connectivity index (χ0) is 26.5. The summed E-state index contributed by atoms with van der Waals surface area (Å²) in [7, 11) is 1.29. The van der Waals surface area contributed by atoms with E-state index < -0.39 is 23.7 Å². The number of Topliss-reactive ketones (excluding diaryl/α,β-unsaturated/α-hetero) is 1. The number of hydrogen-bond acceptors (Lipinski definition) is 7. The van der Waals surface area contributed by atoms with E-state index in [0.717, 1.165) is 6.42 Å². The van der Waals surface area contributed by atoms with Crippen LogP contribution in [0.25, 0.3) is 5.76 Å². The number of ether oxygens (including phenoxy) is 2. The van der Waals surface area contributed by atoms with Crippen LogP contribution in [0, 0.1) is 0 Å². The average molecular weight is 502 g/mol. The lowest BCUT2D eigenvalue weighted by atomic mass is 9.95. The van der Waals surface area contributed by atoms with Crippen LogP contribution >= 0.6 is 0 Å². The Balaban J connectivity index is 1.77. The maximum absolute atomic E-state index is 13.3. The first-order valence-electron chi connectivity index (χ1n) is 11.8. The second-order valence-electron chi connectivity index (χ2n) is 8.58. The summed E-state index contributed by atoms with van der Waals surface area (Å²) in [6.45, 7) is 2.52. The molecule has 0 aromatic heterocycles. The maximum atomic E-state index is 13.3. The number of amides is 1. The number of methoxy groups -OCH3 is 1. The zero-order valence-corrected chi connectivity index (χ0v) is 20.5. The molecule has 1 aliphatic rings. The molecule has 4 rings (SSSR count). The van der Waals surface area contributed by atoms with Crippen LogP contribution in [0.1, 0.15) is 46.4 Å². The van der Waals surface area contributed by atoms with Crippen molar-refractivity contribution in [2.75, 3.05) is 13.7 Å². The minimum atomic E-state index is -0.902. The highest BCUT2D eigenvalue weighted by atomic mass is 16.5. The fourth-order valence-electron chi connectivity index (χ4n) is 4.22. The number of phenols is 1. The largest absolute Gasteiger partial charge is 0.508 e. The van der Waals surface area contributed by atoms with Crippen molar-refractivity contribution in [2.45, 2.75) is 25.9 Å². The summed E-state index contributed by atoms with van der Waals surface area (Å²) < 4.78 is 10.4. The summed E-state index contributed by atoms with van der Waals surface area (Å²) in [6, 6.07) is 18.4. The number of likely N-dealkylation sites (tertiary alicyclic amines) is 1. The number of aliphatic hydroxyl groups excluding tert-OH is 1. The highest BCUT2D eigenvalue weighted by molar-refractivity contribution is 6.46. The Morgan fingerprint density at radius 1 is 0.973 bits per heavy atom. The molecule has 37 heavy (non-hydrogen) atoms. The van der Waals surface area contributed by atoms with Gasteiger partial charge in [0.25, 0.3) is 11.7 Å². The van der Waals surface area contributed by atoms with E-state index in [1.165, 1.54) is 24.1 Å². The van der Waals surface area contributed by atoms with Crippen LogP contribution in [0.3, 0.4) is 0 Å². The first-order chi connectivity index (χ1) is 17.8. The minimum Gasteiger partial charge on any atom is -0.508 e. The summed E-state index contributed by atoms with van der Waals surface area (Å²) in [5, 5.41) is 21.1. The molecule has 0 saturated carbocycles. The van der Waals surface area contributed by atoms with Gasteiger partial charge in [0.1, 0.15) is 17.3 Å². The van der Waals surface area contributed by atoms with Crippen LogP contribution in [-0.4, -0.2) is 46.5 Å². The highest BCUT2D eigenvalue weighted by Crippen LogP contribution is 2.41. The second kappa shape index (κ2) is 11.0. The van der Waals surface area contributed by atoms with Gasteiger partial charge in [-0.2, -0.15) is 0 Å². The fraction of sp³-hybridized carbons (Fsp3) is 0.207. The number of ketones is 1. The SMILES string of the molecule is CCCOc1cccc(/C(O)=C2\C(=O)C(=O)N(Cc3ccc(C(=O)OC)cc3)C2c2ccc(O)cc2)c1. The number of phenolic OH excluding ortho intramolecular Hbond substituents is 1. The fourth-order valence-corrected chi connectivity index (χ4v) is 4.22. The molecule has 1 saturated heterocycles. The Bertz CT molecular complexity index is 1340. The van der Waals surface area contributed by atoms with Crippen molar-refractivity contribution in [3.05, 3.63) is 101 Å². The van der Waals surface area contributed by atoms with E-state index in [9.17, 15) is 24.6 Å². The second-order valence-corrected chi connectivity index (χ2v) is 8.58. The predicted octanol–water partition coefficient (Wildman–Crippen LogP) is 4.59. The van der Waals surface area contributed by atoms with Crippen LogP contribution in [0.2, 0.25) is 0 Å². The van der Waals surface area contributed by atoms with Gasteiger partial charge in [0.05, 0.1) is 30.9 Å². The van der Waals surface area contributed by atoms with E-state index in [1.807, 2.05) is 6.92 Å². The molecular weight excluding hydrogens is 474 g/mol. The van der Waals surface area contributed by atoms with Gasteiger partial charge in [0.15, 0.2) is 0 Å². The first-order valence-corrected chi connectivity index (χ1v) is 11.8. The van der Waals surface area contributed by atoms with Crippen LogP contribution in [-0.2, 0) is 20.9 Å². The Labute approximate surface area is 214 Å². The van der Waals surface area contributed by atoms with Crippen LogP contribution < -0.4 is 4.74 Å². The molecule has 0 aliphatic carbocycles. The van der Waals surface area contributed by atoms with Crippen molar-refractivity contribution in [3.63, 3.8) is 0 Å². The van der Waals surface area contributed by atoms with E-state index in [-0.39, 0.29) is 23.6 Å². The third kappa shape index (κ3) is 5.33. The van der Waals surface area contributed by atoms with Gasteiger partial charge >= 0.3 is 5.97 Å². The minimum absolute atomic E-state index is 0.0277. The van der Waals surface area contributed by atoms with E-state index in [0.29, 0.717) is 34.6 Å². The maximum Gasteiger partial charge on any atom is 0.337 e. The van der Waals surface area contributed by atoms with Crippen molar-refractivity contribution >= 4 is 23.4 Å². The van der Waals surface area contributed by atoms with Gasteiger partial charge in [0, 0.05) is 12.1 Å². The van der Waals surface area contributed by atoms with Crippen molar-refractivity contribution in [3.8, 4) is 11.5 Å². The standard InChI is InChI=1S/C29H27NO7/c1-3-15-37-23-6-4-5-21(16-23)26(32)24-25(19-11-13-22(31)14-12-19)30(28(34)27(24)33)17-18-7-9-20(10-8-18)29(35)36-2/h4-14,16,25,31-32H,3,15,17H2,1-2H3/b26-24+. The molecule has 1 unspecified atom stereocenters. The summed E-state index contributed by atoms with van der Waals surface area (Å²) in [5.41, 5.74) is 1.86. The number of rotatable bonds is 8. The quantitative estimate of drug-likeness (QED) is 0.201. The van der Waals surface area contributed by atoms with Crippen LogP contribution in [0.4, 0.5) is 0 Å². The molecule has 0 spiro atoms.